The van der Waals surface area contributed by atoms with Crippen molar-refractivity contribution in [2.75, 3.05) is 0 Å². The zero-order valence-corrected chi connectivity index (χ0v) is 12.2. The number of amides is 1. The molecule has 3 rings (SSSR count). The summed E-state index contributed by atoms with van der Waals surface area (Å²) in [7, 11) is 0. The van der Waals surface area contributed by atoms with Gasteiger partial charge in [-0.25, -0.2) is 4.68 Å². The second-order valence-corrected chi connectivity index (χ2v) is 5.43. The molecule has 0 bridgehead atoms. The summed E-state index contributed by atoms with van der Waals surface area (Å²) >= 11 is 1.51. The van der Waals surface area contributed by atoms with E-state index >= 15 is 0 Å². The number of thiophene rings is 1. The molecule has 0 fully saturated rings. The second-order valence-electron chi connectivity index (χ2n) is 4.65. The van der Waals surface area contributed by atoms with Crippen molar-refractivity contribution >= 4 is 17.2 Å². The quantitative estimate of drug-likeness (QED) is 0.805. The van der Waals surface area contributed by atoms with Gasteiger partial charge in [-0.15, -0.1) is 5.10 Å². The van der Waals surface area contributed by atoms with E-state index < -0.39 is 0 Å². The Hall–Kier alpha value is -2.47. The first-order chi connectivity index (χ1) is 10.2. The predicted octanol–water partition coefficient (Wildman–Crippen LogP) is 2.82. The molecule has 21 heavy (non-hydrogen) atoms. The van der Waals surface area contributed by atoms with Gasteiger partial charge < -0.3 is 5.32 Å². The fourth-order valence-corrected chi connectivity index (χ4v) is 2.65. The number of nitrogens with one attached hydrogen (secondary N) is 1. The summed E-state index contributed by atoms with van der Waals surface area (Å²) in [6.07, 6.45) is 3.42. The maximum atomic E-state index is 12.0. The molecule has 0 unspecified atom stereocenters. The van der Waals surface area contributed by atoms with Crippen LogP contribution in [-0.4, -0.2) is 20.9 Å². The Morgan fingerprint density at radius 2 is 2.10 bits per heavy atom. The third-order valence-electron chi connectivity index (χ3n) is 3.21. The van der Waals surface area contributed by atoms with Crippen molar-refractivity contribution in [3.8, 4) is 5.69 Å². The summed E-state index contributed by atoms with van der Waals surface area (Å²) in [6, 6.07) is 9.64. The van der Waals surface area contributed by atoms with Crippen LogP contribution in [0.2, 0.25) is 0 Å². The van der Waals surface area contributed by atoms with Gasteiger partial charge in [0, 0.05) is 5.38 Å². The molecule has 0 aliphatic heterocycles. The number of rotatable bonds is 4. The number of benzene rings is 1. The highest BCUT2D eigenvalue weighted by molar-refractivity contribution is 7.08. The Bertz CT molecular complexity index is 705. The minimum absolute atomic E-state index is 0.0518. The van der Waals surface area contributed by atoms with Crippen LogP contribution >= 0.6 is 11.3 Å². The first-order valence-corrected chi connectivity index (χ1v) is 7.48. The number of hydrogen-bond donors (Lipinski definition) is 1. The van der Waals surface area contributed by atoms with Gasteiger partial charge in [0.2, 0.25) is 0 Å². The van der Waals surface area contributed by atoms with Crippen molar-refractivity contribution in [1.82, 2.24) is 20.3 Å². The summed E-state index contributed by atoms with van der Waals surface area (Å²) in [5.74, 6) is -0.0518. The zero-order valence-electron chi connectivity index (χ0n) is 11.4. The number of hydrogen-bond acceptors (Lipinski definition) is 4. The number of carbonyl (C=O) groups excluding carboxylic acids is 1. The fraction of sp³-hybridized carbons (Fsp3) is 0.133. The summed E-state index contributed by atoms with van der Waals surface area (Å²) in [4.78, 5) is 12.0. The van der Waals surface area contributed by atoms with Gasteiger partial charge in [-0.2, -0.15) is 11.3 Å². The molecule has 2 heterocycles. The van der Waals surface area contributed by atoms with Crippen LogP contribution in [0.3, 0.4) is 0 Å². The van der Waals surface area contributed by atoms with Crippen LogP contribution in [-0.2, 0) is 0 Å². The highest BCUT2D eigenvalue weighted by atomic mass is 32.1. The predicted molar refractivity (Wildman–Crippen MR) is 81.6 cm³/mol. The number of aromatic nitrogens is 3. The molecule has 2 aromatic heterocycles. The van der Waals surface area contributed by atoms with Crippen LogP contribution in [0.25, 0.3) is 5.69 Å². The van der Waals surface area contributed by atoms with Crippen molar-refractivity contribution in [1.29, 1.82) is 0 Å². The van der Waals surface area contributed by atoms with Gasteiger partial charge in [-0.3, -0.25) is 4.79 Å². The minimum Gasteiger partial charge on any atom is -0.345 e. The standard InChI is InChI=1S/C15H14N4OS/c1-11(17-15(20)13-6-9-21-10-13)12-2-4-14(5-3-12)19-8-7-16-18-19/h2-11H,1H3,(H,17,20)/t11-/m1/s1. The lowest BCUT2D eigenvalue weighted by molar-refractivity contribution is 0.0940. The Morgan fingerprint density at radius 1 is 1.29 bits per heavy atom. The van der Waals surface area contributed by atoms with Crippen molar-refractivity contribution in [2.24, 2.45) is 0 Å². The van der Waals surface area contributed by atoms with E-state index in [0.717, 1.165) is 11.3 Å². The van der Waals surface area contributed by atoms with Crippen molar-refractivity contribution in [2.45, 2.75) is 13.0 Å². The Kier molecular flexibility index (Phi) is 3.79. The van der Waals surface area contributed by atoms with E-state index in [2.05, 4.69) is 15.6 Å². The average molecular weight is 298 g/mol. The number of nitrogens with zero attached hydrogens (tertiary/aromatic N) is 3. The molecule has 5 nitrogen and oxygen atoms in total. The molecule has 0 spiro atoms. The van der Waals surface area contributed by atoms with E-state index in [9.17, 15) is 4.79 Å². The van der Waals surface area contributed by atoms with Gasteiger partial charge in [0.15, 0.2) is 0 Å². The molecule has 0 saturated carbocycles. The minimum atomic E-state index is -0.0535. The fourth-order valence-electron chi connectivity index (χ4n) is 2.02. The molecule has 1 atom stereocenters. The smallest absolute Gasteiger partial charge is 0.252 e. The SMILES string of the molecule is C[C@@H](NC(=O)c1ccsc1)c1ccc(-n2ccnn2)cc1. The Labute approximate surface area is 126 Å². The molecule has 106 valence electrons. The van der Waals surface area contributed by atoms with Crippen LogP contribution < -0.4 is 5.32 Å². The number of carbonyl (C=O) groups is 1. The second kappa shape index (κ2) is 5.88. The third kappa shape index (κ3) is 3.00. The van der Waals surface area contributed by atoms with Gasteiger partial charge >= 0.3 is 0 Å². The molecule has 1 aromatic carbocycles. The maximum absolute atomic E-state index is 12.0. The van der Waals surface area contributed by atoms with Gasteiger partial charge in [0.25, 0.3) is 5.91 Å². The molecule has 0 saturated heterocycles. The normalized spacial score (nSPS) is 12.0. The summed E-state index contributed by atoms with van der Waals surface area (Å²) in [6.45, 7) is 1.97. The molecule has 0 aliphatic carbocycles. The van der Waals surface area contributed by atoms with Gasteiger partial charge in [-0.1, -0.05) is 17.3 Å². The zero-order chi connectivity index (χ0) is 14.7. The maximum Gasteiger partial charge on any atom is 0.252 e. The molecule has 6 heteroatoms. The lowest BCUT2D eigenvalue weighted by atomic mass is 10.1. The van der Waals surface area contributed by atoms with Crippen LogP contribution in [0, 0.1) is 0 Å². The van der Waals surface area contributed by atoms with Gasteiger partial charge in [0.05, 0.1) is 29.7 Å². The molecule has 1 amide bonds. The van der Waals surface area contributed by atoms with Crippen LogP contribution in [0.15, 0.2) is 53.5 Å². The summed E-state index contributed by atoms with van der Waals surface area (Å²) in [5.41, 5.74) is 2.68. The van der Waals surface area contributed by atoms with Crippen LogP contribution in [0.4, 0.5) is 0 Å². The van der Waals surface area contributed by atoms with E-state index in [-0.39, 0.29) is 11.9 Å². The highest BCUT2D eigenvalue weighted by Gasteiger charge is 2.11. The average Bonchev–Trinajstić information content (AvgIpc) is 3.20. The third-order valence-corrected chi connectivity index (χ3v) is 3.89. The lowest BCUT2D eigenvalue weighted by Gasteiger charge is -2.14. The van der Waals surface area contributed by atoms with E-state index in [0.29, 0.717) is 5.56 Å². The molecule has 1 N–H and O–H groups in total. The van der Waals surface area contributed by atoms with E-state index in [1.165, 1.54) is 11.3 Å². The Balaban J connectivity index is 1.70. The van der Waals surface area contributed by atoms with Crippen molar-refractivity contribution in [3.63, 3.8) is 0 Å². The topological polar surface area (TPSA) is 59.8 Å². The lowest BCUT2D eigenvalue weighted by Crippen LogP contribution is -2.26. The van der Waals surface area contributed by atoms with Crippen LogP contribution in [0.5, 0.6) is 0 Å². The van der Waals surface area contributed by atoms with Crippen molar-refractivity contribution in [3.05, 3.63) is 64.6 Å². The first-order valence-electron chi connectivity index (χ1n) is 6.54. The van der Waals surface area contributed by atoms with E-state index in [1.807, 2.05) is 48.0 Å². The van der Waals surface area contributed by atoms with Gasteiger partial charge in [0.1, 0.15) is 0 Å². The molecular formula is C15H14N4OS. The van der Waals surface area contributed by atoms with Crippen LogP contribution in [0.1, 0.15) is 28.9 Å². The summed E-state index contributed by atoms with van der Waals surface area (Å²) < 4.78 is 1.69. The molecule has 0 aliphatic rings. The Morgan fingerprint density at radius 3 is 2.71 bits per heavy atom. The molecular weight excluding hydrogens is 284 g/mol. The molecule has 3 aromatic rings. The molecule has 0 radical (unpaired) electrons. The van der Waals surface area contributed by atoms with Gasteiger partial charge in [-0.05, 0) is 36.1 Å². The van der Waals surface area contributed by atoms with Crippen molar-refractivity contribution < 1.29 is 4.79 Å². The van der Waals surface area contributed by atoms with E-state index in [4.69, 9.17) is 0 Å². The monoisotopic (exact) mass is 298 g/mol. The highest BCUT2D eigenvalue weighted by Crippen LogP contribution is 2.16. The first kappa shape index (κ1) is 13.5. The largest absolute Gasteiger partial charge is 0.345 e. The van der Waals surface area contributed by atoms with E-state index in [1.54, 1.807) is 17.1 Å². The summed E-state index contributed by atoms with van der Waals surface area (Å²) in [5, 5.41) is 14.4.